The summed E-state index contributed by atoms with van der Waals surface area (Å²) in [6.45, 7) is 1.78. The van der Waals surface area contributed by atoms with Gasteiger partial charge in [-0.3, -0.25) is 9.59 Å². The maximum absolute atomic E-state index is 12.4. The van der Waals surface area contributed by atoms with E-state index in [0.717, 1.165) is 39.4 Å². The molecule has 4 aromatic rings. The first-order valence-electron chi connectivity index (χ1n) is 11.3. The molecule has 4 aromatic carbocycles. The lowest BCUT2D eigenvalue weighted by Gasteiger charge is -2.16. The Morgan fingerprint density at radius 2 is 1.22 bits per heavy atom. The number of ether oxygens (including phenoxy) is 2. The second-order valence-corrected chi connectivity index (χ2v) is 11.8. The van der Waals surface area contributed by atoms with Crippen molar-refractivity contribution in [3.05, 3.63) is 78.6 Å². The molecule has 0 aliphatic rings. The maximum atomic E-state index is 12.4. The second-order valence-electron chi connectivity index (χ2n) is 8.34. The maximum Gasteiger partial charge on any atom is 0.258 e. The first kappa shape index (κ1) is 27.9. The quantitative estimate of drug-likeness (QED) is 0.191. The van der Waals surface area contributed by atoms with Gasteiger partial charge in [0.2, 0.25) is 0 Å². The highest BCUT2D eigenvalue weighted by molar-refractivity contribution is 9.11. The Balaban J connectivity index is 1.22. The molecule has 0 saturated carbocycles. The zero-order valence-corrected chi connectivity index (χ0v) is 26.0. The molecule has 0 aliphatic heterocycles. The topological polar surface area (TPSA) is 76.7 Å². The lowest BCUT2D eigenvalue weighted by Crippen LogP contribution is -2.44. The van der Waals surface area contributed by atoms with Crippen molar-refractivity contribution in [2.24, 2.45) is 0 Å². The van der Waals surface area contributed by atoms with Crippen LogP contribution in [0.4, 0.5) is 0 Å². The van der Waals surface area contributed by atoms with Gasteiger partial charge in [-0.05, 0) is 96.7 Å². The molecule has 192 valence electrons. The summed E-state index contributed by atoms with van der Waals surface area (Å²) in [5, 5.41) is 9.68. The van der Waals surface area contributed by atoms with Crippen molar-refractivity contribution < 1.29 is 19.1 Å². The lowest BCUT2D eigenvalue weighted by molar-refractivity contribution is -0.125. The minimum atomic E-state index is -0.289. The van der Waals surface area contributed by atoms with Gasteiger partial charge in [-0.2, -0.15) is 0 Å². The summed E-state index contributed by atoms with van der Waals surface area (Å²) >= 11 is 14.1. The van der Waals surface area contributed by atoms with Crippen molar-refractivity contribution in [3.8, 4) is 11.5 Å². The van der Waals surface area contributed by atoms with Crippen LogP contribution < -0.4 is 20.1 Å². The van der Waals surface area contributed by atoms with Crippen LogP contribution in [0.3, 0.4) is 0 Å². The van der Waals surface area contributed by atoms with E-state index in [1.807, 2.05) is 60.7 Å². The molecule has 0 heterocycles. The van der Waals surface area contributed by atoms with Gasteiger partial charge in [0.05, 0.1) is 8.95 Å². The largest absolute Gasteiger partial charge is 0.483 e. The van der Waals surface area contributed by atoms with Crippen LogP contribution in [0.15, 0.2) is 78.6 Å². The van der Waals surface area contributed by atoms with E-state index < -0.39 is 0 Å². The van der Waals surface area contributed by atoms with Crippen LogP contribution in [0.1, 0.15) is 6.92 Å². The van der Waals surface area contributed by atoms with Gasteiger partial charge < -0.3 is 20.1 Å². The molecule has 2 N–H and O–H groups in total. The van der Waals surface area contributed by atoms with Crippen LogP contribution in [0.2, 0.25) is 0 Å². The van der Waals surface area contributed by atoms with E-state index in [1.165, 1.54) is 0 Å². The van der Waals surface area contributed by atoms with Gasteiger partial charge in [0.15, 0.2) is 13.2 Å². The van der Waals surface area contributed by atoms with E-state index in [4.69, 9.17) is 9.47 Å². The molecule has 4 rings (SSSR count). The molecule has 0 spiro atoms. The van der Waals surface area contributed by atoms with E-state index in [9.17, 15) is 9.59 Å². The molecular formula is C27H22Br4N2O4. The van der Waals surface area contributed by atoms with Crippen LogP contribution in [0.25, 0.3) is 21.5 Å². The number of rotatable bonds is 9. The second kappa shape index (κ2) is 12.6. The third-order valence-corrected chi connectivity index (χ3v) is 8.11. The fourth-order valence-electron chi connectivity index (χ4n) is 3.68. The van der Waals surface area contributed by atoms with Crippen LogP contribution in [-0.2, 0) is 9.59 Å². The Labute approximate surface area is 248 Å². The number of nitrogens with one attached hydrogen (secondary N) is 2. The highest BCUT2D eigenvalue weighted by Gasteiger charge is 2.13. The van der Waals surface area contributed by atoms with Crippen LogP contribution in [0, 0.1) is 0 Å². The Kier molecular flexibility index (Phi) is 9.50. The van der Waals surface area contributed by atoms with Crippen molar-refractivity contribution >= 4 is 97.1 Å². The van der Waals surface area contributed by atoms with Gasteiger partial charge in [0.25, 0.3) is 11.8 Å². The SMILES string of the molecule is CC(CNC(=O)COc1ccc2cc(Br)ccc2c1Br)NC(=O)COc1ccc2cc(Br)ccc2c1Br. The average Bonchev–Trinajstić information content (AvgIpc) is 2.86. The summed E-state index contributed by atoms with van der Waals surface area (Å²) in [7, 11) is 0. The number of benzene rings is 4. The smallest absolute Gasteiger partial charge is 0.258 e. The number of carbonyl (C=O) groups is 2. The molecule has 0 fully saturated rings. The number of hydrogen-bond donors (Lipinski definition) is 2. The highest BCUT2D eigenvalue weighted by atomic mass is 79.9. The van der Waals surface area contributed by atoms with Gasteiger partial charge in [0, 0.05) is 21.5 Å². The van der Waals surface area contributed by atoms with Gasteiger partial charge >= 0.3 is 0 Å². The third kappa shape index (κ3) is 7.25. The molecule has 0 radical (unpaired) electrons. The first-order chi connectivity index (χ1) is 17.7. The Bertz CT molecular complexity index is 1480. The zero-order valence-electron chi connectivity index (χ0n) is 19.6. The number of halogens is 4. The molecule has 0 bridgehead atoms. The summed E-state index contributed by atoms with van der Waals surface area (Å²) in [6, 6.07) is 19.1. The molecule has 1 atom stereocenters. The molecular weight excluding hydrogens is 736 g/mol. The Morgan fingerprint density at radius 3 is 1.73 bits per heavy atom. The standard InChI is InChI=1S/C27H22Br4N2O4/c1-15(33-25(35)14-37-23-9-3-17-11-19(29)5-7-21(17)27(23)31)12-32-24(34)13-36-22-8-2-16-10-18(28)4-6-20(16)26(22)30/h2-11,15H,12-14H2,1H3,(H,32,34)(H,33,35). The fourth-order valence-corrected chi connectivity index (χ4v) is 5.65. The average molecular weight is 758 g/mol. The molecule has 0 aliphatic carbocycles. The minimum Gasteiger partial charge on any atom is -0.483 e. The van der Waals surface area contributed by atoms with Crippen molar-refractivity contribution in [1.82, 2.24) is 10.6 Å². The minimum absolute atomic E-state index is 0.142. The summed E-state index contributed by atoms with van der Waals surface area (Å²) in [5.41, 5.74) is 0. The number of carbonyl (C=O) groups excluding carboxylic acids is 2. The monoisotopic (exact) mass is 754 g/mol. The van der Waals surface area contributed by atoms with E-state index in [0.29, 0.717) is 11.5 Å². The number of hydrogen-bond acceptors (Lipinski definition) is 4. The van der Waals surface area contributed by atoms with Crippen molar-refractivity contribution in [1.29, 1.82) is 0 Å². The lowest BCUT2D eigenvalue weighted by atomic mass is 10.1. The number of amides is 2. The van der Waals surface area contributed by atoms with Crippen molar-refractivity contribution in [2.75, 3.05) is 19.8 Å². The van der Waals surface area contributed by atoms with Gasteiger partial charge in [-0.15, -0.1) is 0 Å². The fraction of sp³-hybridized carbons (Fsp3) is 0.185. The Morgan fingerprint density at radius 1 is 0.730 bits per heavy atom. The van der Waals surface area contributed by atoms with E-state index in [1.54, 1.807) is 6.92 Å². The first-order valence-corrected chi connectivity index (χ1v) is 14.5. The zero-order chi connectivity index (χ0) is 26.5. The molecule has 10 heteroatoms. The molecule has 0 saturated heterocycles. The van der Waals surface area contributed by atoms with Crippen LogP contribution >= 0.6 is 63.7 Å². The summed E-state index contributed by atoms with van der Waals surface area (Å²) in [4.78, 5) is 24.7. The predicted molar refractivity (Wildman–Crippen MR) is 160 cm³/mol. The summed E-state index contributed by atoms with van der Waals surface area (Å²) in [5.74, 6) is 0.589. The molecule has 6 nitrogen and oxygen atoms in total. The van der Waals surface area contributed by atoms with Crippen LogP contribution in [-0.4, -0.2) is 37.6 Å². The number of fused-ring (bicyclic) bond motifs is 2. The normalized spacial score (nSPS) is 11.8. The third-order valence-electron chi connectivity index (χ3n) is 5.49. The van der Waals surface area contributed by atoms with Gasteiger partial charge in [0.1, 0.15) is 11.5 Å². The molecule has 2 amide bonds. The summed E-state index contributed by atoms with van der Waals surface area (Å²) in [6.07, 6.45) is 0. The van der Waals surface area contributed by atoms with Gasteiger partial charge in [-0.25, -0.2) is 0 Å². The van der Waals surface area contributed by atoms with Crippen molar-refractivity contribution in [3.63, 3.8) is 0 Å². The van der Waals surface area contributed by atoms with Gasteiger partial charge in [-0.1, -0.05) is 56.1 Å². The summed E-state index contributed by atoms with van der Waals surface area (Å²) < 4.78 is 15.0. The van der Waals surface area contributed by atoms with Crippen molar-refractivity contribution in [2.45, 2.75) is 13.0 Å². The molecule has 37 heavy (non-hydrogen) atoms. The van der Waals surface area contributed by atoms with Crippen LogP contribution in [0.5, 0.6) is 11.5 Å². The Hall–Kier alpha value is -2.14. The molecule has 1 unspecified atom stereocenters. The highest BCUT2D eigenvalue weighted by Crippen LogP contribution is 2.35. The van der Waals surface area contributed by atoms with E-state index in [-0.39, 0.29) is 37.6 Å². The predicted octanol–water partition coefficient (Wildman–Crippen LogP) is 7.12. The van der Waals surface area contributed by atoms with E-state index >= 15 is 0 Å². The van der Waals surface area contributed by atoms with E-state index in [2.05, 4.69) is 74.4 Å². The molecule has 0 aromatic heterocycles.